The molecule has 0 aromatic carbocycles. The van der Waals surface area contributed by atoms with Crippen molar-refractivity contribution < 1.29 is 9.90 Å². The smallest absolute Gasteiger partial charge is 0.407 e. The summed E-state index contributed by atoms with van der Waals surface area (Å²) in [6, 6.07) is 0. The standard InChI is InChI=1S/C10H20N2O2/c1-4-10(3)9(2,11)6-5-7-12(10)8(13)14/h4-7,11H2,1-3H3,(H,13,14). The van der Waals surface area contributed by atoms with E-state index in [1.54, 1.807) is 0 Å². The van der Waals surface area contributed by atoms with E-state index >= 15 is 0 Å². The summed E-state index contributed by atoms with van der Waals surface area (Å²) in [6.45, 7) is 6.49. The van der Waals surface area contributed by atoms with Crippen LogP contribution < -0.4 is 5.73 Å². The molecule has 0 aromatic heterocycles. The summed E-state index contributed by atoms with van der Waals surface area (Å²) in [5.74, 6) is 0. The molecule has 1 aliphatic rings. The molecule has 4 nitrogen and oxygen atoms in total. The lowest BCUT2D eigenvalue weighted by molar-refractivity contribution is 0.00416. The molecule has 1 heterocycles. The molecule has 0 aliphatic carbocycles. The van der Waals surface area contributed by atoms with Gasteiger partial charge in [0, 0.05) is 12.1 Å². The van der Waals surface area contributed by atoms with Crippen molar-refractivity contribution in [1.29, 1.82) is 0 Å². The third-order valence-corrected chi connectivity index (χ3v) is 3.82. The van der Waals surface area contributed by atoms with Gasteiger partial charge in [0.2, 0.25) is 0 Å². The average Bonchev–Trinajstić information content (AvgIpc) is 2.09. The molecule has 1 amide bonds. The van der Waals surface area contributed by atoms with Gasteiger partial charge in [-0.05, 0) is 33.1 Å². The number of nitrogens with zero attached hydrogens (tertiary/aromatic N) is 1. The summed E-state index contributed by atoms with van der Waals surface area (Å²) in [5, 5.41) is 9.11. The van der Waals surface area contributed by atoms with E-state index in [1.165, 1.54) is 4.90 Å². The summed E-state index contributed by atoms with van der Waals surface area (Å²) in [6.07, 6.45) is 1.65. The molecule has 1 saturated heterocycles. The number of nitrogens with two attached hydrogens (primary N) is 1. The zero-order valence-corrected chi connectivity index (χ0v) is 9.21. The maximum atomic E-state index is 11.1. The minimum atomic E-state index is -0.856. The van der Waals surface area contributed by atoms with Gasteiger partial charge in [-0.3, -0.25) is 0 Å². The highest BCUT2D eigenvalue weighted by atomic mass is 16.4. The van der Waals surface area contributed by atoms with Crippen molar-refractivity contribution in [2.24, 2.45) is 5.73 Å². The maximum absolute atomic E-state index is 11.1. The van der Waals surface area contributed by atoms with Gasteiger partial charge >= 0.3 is 6.09 Å². The van der Waals surface area contributed by atoms with Gasteiger partial charge in [-0.1, -0.05) is 6.92 Å². The van der Waals surface area contributed by atoms with Gasteiger partial charge in [0.05, 0.1) is 5.54 Å². The molecule has 0 spiro atoms. The molecule has 82 valence electrons. The highest BCUT2D eigenvalue weighted by molar-refractivity contribution is 5.66. The average molecular weight is 200 g/mol. The van der Waals surface area contributed by atoms with Crippen LogP contribution in [-0.4, -0.2) is 33.7 Å². The first-order chi connectivity index (χ1) is 6.35. The first-order valence-corrected chi connectivity index (χ1v) is 5.14. The summed E-state index contributed by atoms with van der Waals surface area (Å²) < 4.78 is 0. The van der Waals surface area contributed by atoms with Crippen LogP contribution in [0.25, 0.3) is 0 Å². The van der Waals surface area contributed by atoms with Gasteiger partial charge in [0.1, 0.15) is 0 Å². The second-order valence-corrected chi connectivity index (χ2v) is 4.58. The molecular formula is C10H20N2O2. The molecule has 2 unspecified atom stereocenters. The van der Waals surface area contributed by atoms with E-state index in [1.807, 2.05) is 20.8 Å². The molecule has 2 atom stereocenters. The van der Waals surface area contributed by atoms with E-state index in [0.717, 1.165) is 19.3 Å². The predicted octanol–water partition coefficient (Wildman–Crippen LogP) is 1.65. The highest BCUT2D eigenvalue weighted by Crippen LogP contribution is 2.37. The quantitative estimate of drug-likeness (QED) is 0.676. The fourth-order valence-corrected chi connectivity index (χ4v) is 2.33. The topological polar surface area (TPSA) is 66.6 Å². The van der Waals surface area contributed by atoms with Crippen LogP contribution in [-0.2, 0) is 0 Å². The lowest BCUT2D eigenvalue weighted by atomic mass is 9.71. The van der Waals surface area contributed by atoms with Crippen molar-refractivity contribution in [2.75, 3.05) is 6.54 Å². The summed E-state index contributed by atoms with van der Waals surface area (Å²) in [5.41, 5.74) is 5.34. The second-order valence-electron chi connectivity index (χ2n) is 4.58. The Hall–Kier alpha value is -0.770. The number of hydrogen-bond donors (Lipinski definition) is 2. The van der Waals surface area contributed by atoms with Crippen LogP contribution in [0.4, 0.5) is 4.79 Å². The van der Waals surface area contributed by atoms with Gasteiger partial charge < -0.3 is 15.7 Å². The number of amides is 1. The third-order valence-electron chi connectivity index (χ3n) is 3.82. The van der Waals surface area contributed by atoms with Crippen LogP contribution in [0.3, 0.4) is 0 Å². The van der Waals surface area contributed by atoms with E-state index in [-0.39, 0.29) is 0 Å². The molecule has 14 heavy (non-hydrogen) atoms. The van der Waals surface area contributed by atoms with Crippen LogP contribution in [0.5, 0.6) is 0 Å². The number of piperidine rings is 1. The van der Waals surface area contributed by atoms with E-state index in [4.69, 9.17) is 10.8 Å². The molecule has 1 aliphatic heterocycles. The minimum absolute atomic E-state index is 0.418. The Kier molecular flexibility index (Phi) is 2.76. The van der Waals surface area contributed by atoms with E-state index in [9.17, 15) is 4.79 Å². The molecule has 1 fully saturated rings. The minimum Gasteiger partial charge on any atom is -0.465 e. The van der Waals surface area contributed by atoms with Gasteiger partial charge in [0.25, 0.3) is 0 Å². The Morgan fingerprint density at radius 1 is 1.57 bits per heavy atom. The summed E-state index contributed by atoms with van der Waals surface area (Å²) in [4.78, 5) is 12.6. The van der Waals surface area contributed by atoms with Crippen LogP contribution >= 0.6 is 0 Å². The highest BCUT2D eigenvalue weighted by Gasteiger charge is 2.49. The van der Waals surface area contributed by atoms with Gasteiger partial charge in [-0.2, -0.15) is 0 Å². The summed E-state index contributed by atoms with van der Waals surface area (Å²) >= 11 is 0. The molecule has 1 rings (SSSR count). The zero-order valence-electron chi connectivity index (χ0n) is 9.21. The molecule has 0 saturated carbocycles. The van der Waals surface area contributed by atoms with Gasteiger partial charge in [-0.15, -0.1) is 0 Å². The zero-order chi connectivity index (χ0) is 11.0. The van der Waals surface area contributed by atoms with Gasteiger partial charge in [0.15, 0.2) is 0 Å². The lowest BCUT2D eigenvalue weighted by Crippen LogP contribution is -2.69. The fraction of sp³-hybridized carbons (Fsp3) is 0.900. The Morgan fingerprint density at radius 3 is 2.50 bits per heavy atom. The number of hydrogen-bond acceptors (Lipinski definition) is 2. The second kappa shape index (κ2) is 3.42. The first-order valence-electron chi connectivity index (χ1n) is 5.14. The van der Waals surface area contributed by atoms with Crippen molar-refractivity contribution in [3.63, 3.8) is 0 Å². The normalized spacial score (nSPS) is 38.4. The van der Waals surface area contributed by atoms with E-state index in [2.05, 4.69) is 0 Å². The molecule has 3 N–H and O–H groups in total. The number of carbonyl (C=O) groups is 1. The molecule has 4 heteroatoms. The molecule has 0 aromatic rings. The Labute approximate surface area is 85.1 Å². The van der Waals surface area contributed by atoms with Crippen LogP contribution in [0, 0.1) is 0 Å². The Morgan fingerprint density at radius 2 is 2.14 bits per heavy atom. The van der Waals surface area contributed by atoms with Crippen molar-refractivity contribution in [3.05, 3.63) is 0 Å². The van der Waals surface area contributed by atoms with Crippen molar-refractivity contribution >= 4 is 6.09 Å². The Balaban J connectivity index is 3.02. The van der Waals surface area contributed by atoms with Crippen LogP contribution in [0.15, 0.2) is 0 Å². The fourth-order valence-electron chi connectivity index (χ4n) is 2.33. The summed E-state index contributed by atoms with van der Waals surface area (Å²) in [7, 11) is 0. The van der Waals surface area contributed by atoms with Crippen LogP contribution in [0.2, 0.25) is 0 Å². The predicted molar refractivity (Wildman–Crippen MR) is 55.3 cm³/mol. The first kappa shape index (κ1) is 11.3. The number of likely N-dealkylation sites (tertiary alicyclic amines) is 1. The van der Waals surface area contributed by atoms with Crippen molar-refractivity contribution in [2.45, 2.75) is 51.1 Å². The largest absolute Gasteiger partial charge is 0.465 e. The van der Waals surface area contributed by atoms with Gasteiger partial charge in [-0.25, -0.2) is 4.79 Å². The number of rotatable bonds is 1. The lowest BCUT2D eigenvalue weighted by Gasteiger charge is -2.53. The van der Waals surface area contributed by atoms with Crippen molar-refractivity contribution in [1.82, 2.24) is 4.90 Å². The van der Waals surface area contributed by atoms with E-state index in [0.29, 0.717) is 6.54 Å². The molecular weight excluding hydrogens is 180 g/mol. The van der Waals surface area contributed by atoms with Crippen LogP contribution in [0.1, 0.15) is 40.0 Å². The maximum Gasteiger partial charge on any atom is 0.407 e. The van der Waals surface area contributed by atoms with Crippen molar-refractivity contribution in [3.8, 4) is 0 Å². The molecule has 0 radical (unpaired) electrons. The SMILES string of the molecule is CCC1(C)N(C(=O)O)CCCC1(C)N. The number of carboxylic acid groups (broad SMARTS) is 1. The van der Waals surface area contributed by atoms with E-state index < -0.39 is 17.2 Å². The Bertz CT molecular complexity index is 240. The third kappa shape index (κ3) is 1.47. The monoisotopic (exact) mass is 200 g/mol. The molecule has 0 bridgehead atoms.